The van der Waals surface area contributed by atoms with E-state index in [4.69, 9.17) is 14.2 Å². The third-order valence-electron chi connectivity index (χ3n) is 15.2. The van der Waals surface area contributed by atoms with E-state index in [0.29, 0.717) is 35.5 Å². The van der Waals surface area contributed by atoms with Crippen LogP contribution in [-0.4, -0.2) is 52.4 Å². The number of aliphatic hydroxyl groups is 1. The molecule has 1 aliphatic heterocycles. The van der Waals surface area contributed by atoms with E-state index in [1.54, 1.807) is 7.11 Å². The van der Waals surface area contributed by atoms with Gasteiger partial charge in [-0.1, -0.05) is 15.9 Å². The van der Waals surface area contributed by atoms with Crippen molar-refractivity contribution in [3.8, 4) is 0 Å². The highest BCUT2D eigenvalue weighted by molar-refractivity contribution is 9.10. The number of hydrogen-bond acceptors (Lipinski definition) is 6. The van der Waals surface area contributed by atoms with Crippen LogP contribution in [0.4, 0.5) is 0 Å². The van der Waals surface area contributed by atoms with Crippen molar-refractivity contribution in [1.29, 1.82) is 0 Å². The summed E-state index contributed by atoms with van der Waals surface area (Å²) in [6, 6.07) is 0. The Balaban J connectivity index is 1.35. The maximum Gasteiger partial charge on any atom is 0.312 e. The van der Waals surface area contributed by atoms with Crippen LogP contribution in [0.3, 0.4) is 0 Å². The van der Waals surface area contributed by atoms with Crippen LogP contribution in [0.15, 0.2) is 0 Å². The van der Waals surface area contributed by atoms with E-state index in [9.17, 15) is 14.7 Å². The number of halogens is 1. The molecule has 0 aromatic heterocycles. The summed E-state index contributed by atoms with van der Waals surface area (Å²) in [5.74, 6) is 3.36. The van der Waals surface area contributed by atoms with Gasteiger partial charge in [0.2, 0.25) is 0 Å². The van der Waals surface area contributed by atoms with Gasteiger partial charge in [-0.2, -0.15) is 0 Å². The molecular formula is C24H21BrO6. The normalized spacial score (nSPS) is 88.9. The van der Waals surface area contributed by atoms with Crippen molar-refractivity contribution >= 4 is 27.9 Å². The second-order valence-corrected chi connectivity index (χ2v) is 14.8. The Morgan fingerprint density at radius 1 is 0.742 bits per heavy atom. The van der Waals surface area contributed by atoms with Crippen LogP contribution in [0.1, 0.15) is 0 Å². The van der Waals surface area contributed by atoms with Crippen molar-refractivity contribution in [1.82, 2.24) is 0 Å². The average Bonchev–Trinajstić information content (AvgIpc) is 3.47. The Morgan fingerprint density at radius 3 is 1.87 bits per heavy atom. The predicted molar refractivity (Wildman–Crippen MR) is 101 cm³/mol. The molecule has 160 valence electrons. The fourth-order valence-electron chi connectivity index (χ4n) is 17.0. The molecule has 20 unspecified atom stereocenters. The topological polar surface area (TPSA) is 85.4 Å². The van der Waals surface area contributed by atoms with Crippen LogP contribution >= 0.6 is 15.9 Å². The quantitative estimate of drug-likeness (QED) is 0.348. The summed E-state index contributed by atoms with van der Waals surface area (Å²) in [6.45, 7) is 0. The molecule has 0 amide bonds. The maximum absolute atomic E-state index is 13.9. The lowest BCUT2D eigenvalue weighted by atomic mass is 9.63. The lowest BCUT2D eigenvalue weighted by Crippen LogP contribution is -2.55. The molecule has 1 N–H and O–H groups in total. The zero-order valence-electron chi connectivity index (χ0n) is 16.9. The molecule has 2 spiro atoms. The Labute approximate surface area is 185 Å². The van der Waals surface area contributed by atoms with Gasteiger partial charge in [0.25, 0.3) is 0 Å². The molecule has 1 heterocycles. The maximum atomic E-state index is 13.9. The molecule has 0 radical (unpaired) electrons. The minimum Gasteiger partial charge on any atom is -0.469 e. The summed E-state index contributed by atoms with van der Waals surface area (Å²) in [4.78, 5) is 27.8. The summed E-state index contributed by atoms with van der Waals surface area (Å²) < 4.78 is 17.8. The first-order chi connectivity index (χ1) is 14.9. The van der Waals surface area contributed by atoms with E-state index in [2.05, 4.69) is 15.9 Å². The van der Waals surface area contributed by atoms with Gasteiger partial charge in [0.05, 0.1) is 35.0 Å². The van der Waals surface area contributed by atoms with E-state index in [-0.39, 0.29) is 70.5 Å². The van der Waals surface area contributed by atoms with Gasteiger partial charge in [0.1, 0.15) is 11.2 Å². The van der Waals surface area contributed by atoms with E-state index in [1.807, 2.05) is 0 Å². The second kappa shape index (κ2) is 3.16. The van der Waals surface area contributed by atoms with Gasteiger partial charge in [-0.15, -0.1) is 0 Å². The number of carbonyl (C=O) groups excluding carboxylic acids is 2. The predicted octanol–water partition coefficient (Wildman–Crippen LogP) is 0.454. The zero-order valence-corrected chi connectivity index (χ0v) is 18.5. The Morgan fingerprint density at radius 2 is 1.26 bits per heavy atom. The smallest absolute Gasteiger partial charge is 0.312 e. The van der Waals surface area contributed by atoms with E-state index in [0.717, 1.165) is 0 Å². The second-order valence-electron chi connectivity index (χ2n) is 13.5. The first-order valence-corrected chi connectivity index (χ1v) is 13.0. The lowest BCUT2D eigenvalue weighted by molar-refractivity contribution is -0.165. The minimum atomic E-state index is -0.908. The molecule has 0 aromatic carbocycles. The molecule has 0 bridgehead atoms. The molecule has 13 aliphatic rings. The fourth-order valence-corrected chi connectivity index (χ4v) is 18.8. The van der Waals surface area contributed by atoms with Crippen LogP contribution < -0.4 is 0 Å². The highest BCUT2D eigenvalue weighted by atomic mass is 79.9. The molecule has 0 aromatic rings. The highest BCUT2D eigenvalue weighted by Gasteiger charge is 3.20. The summed E-state index contributed by atoms with van der Waals surface area (Å²) in [6.07, 6.45) is 0. The lowest BCUT2D eigenvalue weighted by Gasteiger charge is -2.41. The molecular weight excluding hydrogens is 464 g/mol. The third kappa shape index (κ3) is 0.697. The first-order valence-electron chi connectivity index (χ1n) is 12.2. The van der Waals surface area contributed by atoms with Crippen molar-refractivity contribution in [2.75, 3.05) is 14.2 Å². The number of rotatable bonds is 2. The molecule has 6 nitrogen and oxygen atoms in total. The van der Waals surface area contributed by atoms with Crippen molar-refractivity contribution in [2.24, 2.45) is 93.7 Å². The van der Waals surface area contributed by atoms with E-state index in [1.165, 1.54) is 7.11 Å². The third-order valence-corrected chi connectivity index (χ3v) is 16.9. The van der Waals surface area contributed by atoms with E-state index < -0.39 is 20.8 Å². The molecule has 1 saturated heterocycles. The summed E-state index contributed by atoms with van der Waals surface area (Å²) in [5, 5.41) is 12.9. The molecule has 31 heavy (non-hydrogen) atoms. The van der Waals surface area contributed by atoms with Crippen LogP contribution in [-0.2, 0) is 23.8 Å². The summed E-state index contributed by atoms with van der Waals surface area (Å²) in [7, 11) is 3.08. The van der Waals surface area contributed by atoms with Crippen LogP contribution in [0.5, 0.6) is 0 Å². The molecule has 20 atom stereocenters. The standard InChI is InChI=1S/C24H21BrO6/c1-29-17(26)19-11-7-3-4-9(11)23-15(19)6-5-13(19)21(7,25)22(28)8(3)12-10(4)24(23,31-23)16(6)20(12,14(5)22)18(27)30-2/h3-16,28H,1-2H3. The SMILES string of the molecule is COC(=O)C12C3C4C5C6C3C37OC38C6C3C5C5(Br)C6C(C(C17)C8C36C(=O)OC)C2C45O. The van der Waals surface area contributed by atoms with Gasteiger partial charge < -0.3 is 19.3 Å². The highest BCUT2D eigenvalue weighted by Crippen LogP contribution is 3.13. The number of hydrogen-bond donors (Lipinski definition) is 1. The Hall–Kier alpha value is -0.660. The molecule has 7 heteroatoms. The van der Waals surface area contributed by atoms with E-state index >= 15 is 0 Å². The Kier molecular flexibility index (Phi) is 1.56. The number of esters is 2. The summed E-state index contributed by atoms with van der Waals surface area (Å²) in [5.41, 5.74) is -2.45. The zero-order chi connectivity index (χ0) is 20.4. The molecule has 13 fully saturated rings. The van der Waals surface area contributed by atoms with Gasteiger partial charge in [-0.3, -0.25) is 9.59 Å². The molecule has 12 saturated carbocycles. The van der Waals surface area contributed by atoms with Crippen LogP contribution in [0.25, 0.3) is 0 Å². The van der Waals surface area contributed by atoms with Gasteiger partial charge in [0, 0.05) is 17.8 Å². The number of ether oxygens (including phenoxy) is 3. The van der Waals surface area contributed by atoms with Crippen LogP contribution in [0, 0.1) is 93.7 Å². The number of alkyl halides is 1. The van der Waals surface area contributed by atoms with Gasteiger partial charge >= 0.3 is 11.9 Å². The van der Waals surface area contributed by atoms with Gasteiger partial charge in [-0.05, 0) is 65.1 Å². The van der Waals surface area contributed by atoms with Gasteiger partial charge in [-0.25, -0.2) is 0 Å². The Bertz CT molecular complexity index is 1150. The van der Waals surface area contributed by atoms with Crippen molar-refractivity contribution < 1.29 is 28.9 Å². The van der Waals surface area contributed by atoms with Crippen molar-refractivity contribution in [2.45, 2.75) is 21.1 Å². The van der Waals surface area contributed by atoms with Crippen LogP contribution in [0.2, 0.25) is 0 Å². The average molecular weight is 485 g/mol. The fraction of sp³-hybridized carbons (Fsp3) is 0.917. The largest absolute Gasteiger partial charge is 0.469 e. The van der Waals surface area contributed by atoms with Gasteiger partial charge in [0.15, 0.2) is 0 Å². The number of carbonyl (C=O) groups is 2. The number of epoxide rings is 1. The molecule has 12 aliphatic carbocycles. The van der Waals surface area contributed by atoms with Crippen molar-refractivity contribution in [3.05, 3.63) is 0 Å². The monoisotopic (exact) mass is 484 g/mol. The summed E-state index contributed by atoms with van der Waals surface area (Å²) >= 11 is 4.28. The number of methoxy groups -OCH3 is 2. The molecule has 13 rings (SSSR count). The minimum absolute atomic E-state index is 0.0409. The van der Waals surface area contributed by atoms with Crippen molar-refractivity contribution in [3.63, 3.8) is 0 Å². The first kappa shape index (κ1) is 15.3.